The molecule has 7 heteroatoms. The molecule has 0 radical (unpaired) electrons. The molecule has 2 N–H and O–H groups in total. The summed E-state index contributed by atoms with van der Waals surface area (Å²) in [4.78, 5) is 20.2. The lowest BCUT2D eigenvalue weighted by Gasteiger charge is -2.01. The number of carbonyl (C=O) groups is 1. The molecule has 0 saturated carbocycles. The number of thiazole rings is 1. The molecular formula is C13H13N5OS. The second-order valence-electron chi connectivity index (χ2n) is 4.28. The molecule has 3 aromatic rings. The maximum Gasteiger partial charge on any atom is 0.220 e. The molecule has 0 fully saturated rings. The van der Waals surface area contributed by atoms with Gasteiger partial charge in [0, 0.05) is 12.8 Å². The Hall–Kier alpha value is -2.28. The van der Waals surface area contributed by atoms with E-state index in [-0.39, 0.29) is 5.91 Å². The molecule has 6 nitrogen and oxygen atoms in total. The Balaban J connectivity index is 1.52. The molecular weight excluding hydrogens is 274 g/mol. The largest absolute Gasteiger partial charge is 0.349 e. The molecule has 1 aromatic carbocycles. The summed E-state index contributed by atoms with van der Waals surface area (Å²) in [6.45, 7) is 0.374. The van der Waals surface area contributed by atoms with Gasteiger partial charge in [-0.2, -0.15) is 5.10 Å². The Morgan fingerprint density at radius 1 is 1.35 bits per heavy atom. The molecule has 0 atom stereocenters. The Morgan fingerprint density at radius 3 is 3.05 bits per heavy atom. The van der Waals surface area contributed by atoms with Crippen molar-refractivity contribution in [2.24, 2.45) is 0 Å². The van der Waals surface area contributed by atoms with Crippen molar-refractivity contribution in [3.05, 3.63) is 41.4 Å². The van der Waals surface area contributed by atoms with Gasteiger partial charge in [0.1, 0.15) is 12.2 Å². The van der Waals surface area contributed by atoms with E-state index in [1.807, 2.05) is 24.3 Å². The number of hydrogen-bond donors (Lipinski definition) is 2. The highest BCUT2D eigenvalue weighted by Crippen LogP contribution is 2.22. The molecule has 0 aliphatic heterocycles. The molecule has 2 aromatic heterocycles. The van der Waals surface area contributed by atoms with E-state index >= 15 is 0 Å². The average Bonchev–Trinajstić information content (AvgIpc) is 3.11. The summed E-state index contributed by atoms with van der Waals surface area (Å²) < 4.78 is 1.16. The predicted molar refractivity (Wildman–Crippen MR) is 76.2 cm³/mol. The van der Waals surface area contributed by atoms with Gasteiger partial charge in [-0.15, -0.1) is 11.3 Å². The molecule has 0 saturated heterocycles. The molecule has 1 amide bonds. The van der Waals surface area contributed by atoms with Crippen molar-refractivity contribution in [3.8, 4) is 0 Å². The maximum absolute atomic E-state index is 11.7. The van der Waals surface area contributed by atoms with Crippen LogP contribution in [0.2, 0.25) is 0 Å². The predicted octanol–water partition coefficient (Wildman–Crippen LogP) is 1.66. The number of carbonyl (C=O) groups excluding carboxylic acids is 1. The van der Waals surface area contributed by atoms with Crippen molar-refractivity contribution in [1.29, 1.82) is 0 Å². The quantitative estimate of drug-likeness (QED) is 0.747. The van der Waals surface area contributed by atoms with Gasteiger partial charge in [0.15, 0.2) is 0 Å². The fraction of sp³-hybridized carbons (Fsp3) is 0.231. The van der Waals surface area contributed by atoms with Crippen LogP contribution in [0.5, 0.6) is 0 Å². The summed E-state index contributed by atoms with van der Waals surface area (Å²) in [5, 5.41) is 10.2. The monoisotopic (exact) mass is 287 g/mol. The van der Waals surface area contributed by atoms with E-state index in [1.165, 1.54) is 6.33 Å². The molecule has 0 aliphatic carbocycles. The maximum atomic E-state index is 11.7. The zero-order valence-corrected chi connectivity index (χ0v) is 11.5. The SMILES string of the molecule is O=C(CCc1nc2ccccc2s1)NCc1ncn[nH]1. The van der Waals surface area contributed by atoms with Gasteiger partial charge in [-0.3, -0.25) is 9.89 Å². The second-order valence-corrected chi connectivity index (χ2v) is 5.40. The van der Waals surface area contributed by atoms with Crippen molar-refractivity contribution in [2.75, 3.05) is 0 Å². The average molecular weight is 287 g/mol. The first-order valence-corrected chi connectivity index (χ1v) is 7.08. The summed E-state index contributed by atoms with van der Waals surface area (Å²) in [5.74, 6) is 0.638. The third-order valence-electron chi connectivity index (χ3n) is 2.82. The highest BCUT2D eigenvalue weighted by atomic mass is 32.1. The minimum absolute atomic E-state index is 0.0133. The van der Waals surface area contributed by atoms with Crippen LogP contribution in [0.3, 0.4) is 0 Å². The standard InChI is InChI=1S/C13H13N5OS/c19-12(14-7-11-15-8-16-18-11)5-6-13-17-9-3-1-2-4-10(9)20-13/h1-4,8H,5-7H2,(H,14,19)(H,15,16,18). The first-order valence-electron chi connectivity index (χ1n) is 6.26. The summed E-state index contributed by atoms with van der Waals surface area (Å²) in [6, 6.07) is 7.99. The van der Waals surface area contributed by atoms with Gasteiger partial charge in [-0.05, 0) is 12.1 Å². The molecule has 20 heavy (non-hydrogen) atoms. The van der Waals surface area contributed by atoms with E-state index < -0.39 is 0 Å². The Kier molecular flexibility index (Phi) is 3.69. The fourth-order valence-electron chi connectivity index (χ4n) is 1.83. The Morgan fingerprint density at radius 2 is 2.25 bits per heavy atom. The van der Waals surface area contributed by atoms with Crippen LogP contribution in [0.4, 0.5) is 0 Å². The second kappa shape index (κ2) is 5.79. The van der Waals surface area contributed by atoms with E-state index in [9.17, 15) is 4.79 Å². The van der Waals surface area contributed by atoms with Gasteiger partial charge in [0.25, 0.3) is 0 Å². The van der Waals surface area contributed by atoms with Gasteiger partial charge in [-0.1, -0.05) is 12.1 Å². The van der Waals surface area contributed by atoms with Crippen LogP contribution in [0.1, 0.15) is 17.3 Å². The summed E-state index contributed by atoms with van der Waals surface area (Å²) in [6.07, 6.45) is 2.50. The first kappa shape index (κ1) is 12.7. The number of nitrogens with one attached hydrogen (secondary N) is 2. The number of benzene rings is 1. The number of aromatic nitrogens is 4. The van der Waals surface area contributed by atoms with Crippen LogP contribution in [0.15, 0.2) is 30.6 Å². The first-order chi connectivity index (χ1) is 9.81. The van der Waals surface area contributed by atoms with E-state index in [2.05, 4.69) is 25.5 Å². The van der Waals surface area contributed by atoms with Gasteiger partial charge in [0.05, 0.1) is 21.8 Å². The van der Waals surface area contributed by atoms with Gasteiger partial charge in [0.2, 0.25) is 5.91 Å². The van der Waals surface area contributed by atoms with Crippen molar-refractivity contribution in [1.82, 2.24) is 25.5 Å². The number of para-hydroxylation sites is 1. The van der Waals surface area contributed by atoms with E-state index in [0.29, 0.717) is 25.2 Å². The van der Waals surface area contributed by atoms with Crippen LogP contribution in [-0.2, 0) is 17.8 Å². The van der Waals surface area contributed by atoms with Gasteiger partial charge < -0.3 is 5.32 Å². The molecule has 0 aliphatic rings. The minimum Gasteiger partial charge on any atom is -0.349 e. The lowest BCUT2D eigenvalue weighted by molar-refractivity contribution is -0.121. The van der Waals surface area contributed by atoms with Crippen molar-refractivity contribution in [3.63, 3.8) is 0 Å². The highest BCUT2D eigenvalue weighted by Gasteiger charge is 2.07. The van der Waals surface area contributed by atoms with Crippen LogP contribution >= 0.6 is 11.3 Å². The summed E-state index contributed by atoms with van der Waals surface area (Å²) >= 11 is 1.64. The Bertz CT molecular complexity index is 673. The molecule has 2 heterocycles. The number of H-pyrrole nitrogens is 1. The lowest BCUT2D eigenvalue weighted by atomic mass is 10.3. The summed E-state index contributed by atoms with van der Waals surface area (Å²) in [5.41, 5.74) is 0.995. The minimum atomic E-state index is -0.0133. The van der Waals surface area contributed by atoms with Gasteiger partial charge >= 0.3 is 0 Å². The molecule has 102 valence electrons. The van der Waals surface area contributed by atoms with Gasteiger partial charge in [-0.25, -0.2) is 9.97 Å². The smallest absolute Gasteiger partial charge is 0.220 e. The number of nitrogens with zero attached hydrogens (tertiary/aromatic N) is 3. The number of rotatable bonds is 5. The lowest BCUT2D eigenvalue weighted by Crippen LogP contribution is -2.23. The molecule has 0 spiro atoms. The summed E-state index contributed by atoms with van der Waals surface area (Å²) in [7, 11) is 0. The van der Waals surface area contributed by atoms with Crippen molar-refractivity contribution in [2.45, 2.75) is 19.4 Å². The number of fused-ring (bicyclic) bond motifs is 1. The number of aryl methyl sites for hydroxylation is 1. The van der Waals surface area contributed by atoms with E-state index in [1.54, 1.807) is 11.3 Å². The normalized spacial score (nSPS) is 10.8. The third kappa shape index (κ3) is 3.00. The Labute approximate surface area is 119 Å². The number of aromatic amines is 1. The van der Waals surface area contributed by atoms with Crippen LogP contribution < -0.4 is 5.32 Å². The topological polar surface area (TPSA) is 83.6 Å². The number of hydrogen-bond acceptors (Lipinski definition) is 5. The van der Waals surface area contributed by atoms with Crippen molar-refractivity contribution < 1.29 is 4.79 Å². The number of amides is 1. The highest BCUT2D eigenvalue weighted by molar-refractivity contribution is 7.18. The third-order valence-corrected chi connectivity index (χ3v) is 3.92. The van der Waals surface area contributed by atoms with Crippen LogP contribution in [0, 0.1) is 0 Å². The van der Waals surface area contributed by atoms with Crippen LogP contribution in [-0.4, -0.2) is 26.1 Å². The van der Waals surface area contributed by atoms with E-state index in [0.717, 1.165) is 15.2 Å². The van der Waals surface area contributed by atoms with Crippen molar-refractivity contribution >= 4 is 27.5 Å². The zero-order valence-electron chi connectivity index (χ0n) is 10.7. The van der Waals surface area contributed by atoms with E-state index in [4.69, 9.17) is 0 Å². The van der Waals surface area contributed by atoms with Crippen LogP contribution in [0.25, 0.3) is 10.2 Å². The molecule has 3 rings (SSSR count). The zero-order chi connectivity index (χ0) is 13.8. The molecule has 0 unspecified atom stereocenters. The molecule has 0 bridgehead atoms. The fourth-order valence-corrected chi connectivity index (χ4v) is 2.80.